The fraction of sp³-hybridized carbons (Fsp3) is 0.588. The van der Waals surface area contributed by atoms with Crippen LogP contribution in [-0.4, -0.2) is 34.3 Å². The monoisotopic (exact) mass is 365 g/mol. The minimum atomic E-state index is -0.962. The Morgan fingerprint density at radius 3 is 2.64 bits per heavy atom. The number of hydrogen-bond acceptors (Lipinski definition) is 6. The molecule has 3 N–H and O–H groups in total. The molecule has 0 aliphatic heterocycles. The number of guanidine groups is 1. The molecule has 2 aromatic rings. The summed E-state index contributed by atoms with van der Waals surface area (Å²) in [6, 6.07) is 3.85. The van der Waals surface area contributed by atoms with Gasteiger partial charge in [0.05, 0.1) is 6.54 Å². The van der Waals surface area contributed by atoms with Gasteiger partial charge < -0.3 is 20.3 Å². The lowest BCUT2D eigenvalue weighted by molar-refractivity contribution is 0.0655. The maximum Gasteiger partial charge on any atom is 0.232 e. The highest BCUT2D eigenvalue weighted by molar-refractivity contribution is 7.10. The number of aromatic nitrogens is 2. The van der Waals surface area contributed by atoms with Crippen LogP contribution in [0.4, 0.5) is 0 Å². The molecule has 0 radical (unpaired) electrons. The van der Waals surface area contributed by atoms with Crippen molar-refractivity contribution in [3.8, 4) is 0 Å². The summed E-state index contributed by atoms with van der Waals surface area (Å²) in [4.78, 5) is 9.75. The summed E-state index contributed by atoms with van der Waals surface area (Å²) in [7, 11) is 0. The van der Waals surface area contributed by atoms with Gasteiger partial charge in [-0.05, 0) is 25.3 Å². The Balaban J connectivity index is 2.00. The SMILES string of the molecule is CCNC(=NCc1noc(C(C)(C)C)n1)NCC(C)(O)c1cccs1. The molecule has 8 heteroatoms. The number of nitrogens with one attached hydrogen (secondary N) is 2. The van der Waals surface area contributed by atoms with E-state index in [9.17, 15) is 5.11 Å². The largest absolute Gasteiger partial charge is 0.383 e. The Hall–Kier alpha value is -1.93. The fourth-order valence-electron chi connectivity index (χ4n) is 2.04. The van der Waals surface area contributed by atoms with E-state index in [-0.39, 0.29) is 5.41 Å². The van der Waals surface area contributed by atoms with E-state index >= 15 is 0 Å². The molecule has 0 saturated carbocycles. The summed E-state index contributed by atoms with van der Waals surface area (Å²) in [6.45, 7) is 11.2. The number of aliphatic imine (C=N–C) groups is 1. The molecular formula is C17H27N5O2S. The van der Waals surface area contributed by atoms with Crippen LogP contribution in [0.25, 0.3) is 0 Å². The molecule has 7 nitrogen and oxygen atoms in total. The summed E-state index contributed by atoms with van der Waals surface area (Å²) in [5.41, 5.74) is -1.15. The average molecular weight is 366 g/mol. The molecule has 138 valence electrons. The van der Waals surface area contributed by atoms with E-state index in [1.807, 2.05) is 45.2 Å². The molecule has 0 fully saturated rings. The van der Waals surface area contributed by atoms with Crippen LogP contribution in [0, 0.1) is 0 Å². The van der Waals surface area contributed by atoms with Crippen LogP contribution in [0.3, 0.4) is 0 Å². The number of thiophene rings is 1. The third kappa shape index (κ3) is 5.54. The first-order chi connectivity index (χ1) is 11.7. The van der Waals surface area contributed by atoms with Crippen LogP contribution in [0.2, 0.25) is 0 Å². The van der Waals surface area contributed by atoms with Crippen LogP contribution in [0.5, 0.6) is 0 Å². The van der Waals surface area contributed by atoms with Crippen LogP contribution < -0.4 is 10.6 Å². The van der Waals surface area contributed by atoms with Crippen molar-refractivity contribution in [1.82, 2.24) is 20.8 Å². The van der Waals surface area contributed by atoms with E-state index < -0.39 is 5.60 Å². The van der Waals surface area contributed by atoms with Gasteiger partial charge in [-0.3, -0.25) is 0 Å². The van der Waals surface area contributed by atoms with Gasteiger partial charge in [-0.25, -0.2) is 4.99 Å². The van der Waals surface area contributed by atoms with Crippen molar-refractivity contribution >= 4 is 17.3 Å². The first kappa shape index (κ1) is 19.4. The molecule has 0 aliphatic rings. The normalized spacial score (nSPS) is 15.0. The van der Waals surface area contributed by atoms with Gasteiger partial charge in [0, 0.05) is 16.8 Å². The highest BCUT2D eigenvalue weighted by Crippen LogP contribution is 2.24. The number of hydrogen-bond donors (Lipinski definition) is 3. The van der Waals surface area contributed by atoms with Crippen molar-refractivity contribution in [3.63, 3.8) is 0 Å². The molecule has 2 rings (SSSR count). The Morgan fingerprint density at radius 2 is 2.08 bits per heavy atom. The fourth-order valence-corrected chi connectivity index (χ4v) is 2.83. The standard InChI is InChI=1S/C17H27N5O2S/c1-6-18-15(20-11-17(5,23)12-8-7-9-25-12)19-10-13-21-14(24-22-13)16(2,3)4/h7-9,23H,6,10-11H2,1-5H3,(H2,18,19,20). The van der Waals surface area contributed by atoms with Gasteiger partial charge in [-0.2, -0.15) is 4.98 Å². The summed E-state index contributed by atoms with van der Waals surface area (Å²) < 4.78 is 5.27. The molecule has 0 bridgehead atoms. The van der Waals surface area contributed by atoms with Crippen molar-refractivity contribution in [2.45, 2.75) is 52.2 Å². The highest BCUT2D eigenvalue weighted by Gasteiger charge is 2.24. The minimum Gasteiger partial charge on any atom is -0.383 e. The average Bonchev–Trinajstić information content (AvgIpc) is 3.20. The zero-order chi connectivity index (χ0) is 18.5. The lowest BCUT2D eigenvalue weighted by Crippen LogP contribution is -2.44. The summed E-state index contributed by atoms with van der Waals surface area (Å²) in [5, 5.41) is 22.8. The molecule has 1 atom stereocenters. The van der Waals surface area contributed by atoms with E-state index in [2.05, 4.69) is 25.8 Å². The number of nitrogens with zero attached hydrogens (tertiary/aromatic N) is 3. The Kier molecular flexibility index (Phi) is 6.18. The van der Waals surface area contributed by atoms with Gasteiger partial charge in [-0.15, -0.1) is 11.3 Å². The molecule has 2 aromatic heterocycles. The predicted octanol–water partition coefficient (Wildman–Crippen LogP) is 2.39. The molecule has 0 saturated heterocycles. The van der Waals surface area contributed by atoms with Crippen LogP contribution in [-0.2, 0) is 17.6 Å². The topological polar surface area (TPSA) is 95.6 Å². The number of aliphatic hydroxyl groups is 1. The molecule has 0 aliphatic carbocycles. The van der Waals surface area contributed by atoms with Crippen molar-refractivity contribution in [2.24, 2.45) is 4.99 Å². The molecule has 0 amide bonds. The number of rotatable bonds is 6. The van der Waals surface area contributed by atoms with Gasteiger partial charge in [-0.1, -0.05) is 32.0 Å². The lowest BCUT2D eigenvalue weighted by Gasteiger charge is -2.23. The second-order valence-electron chi connectivity index (χ2n) is 7.07. The first-order valence-corrected chi connectivity index (χ1v) is 9.22. The van der Waals surface area contributed by atoms with E-state index in [0.717, 1.165) is 4.88 Å². The molecule has 0 aromatic carbocycles. The second kappa shape index (κ2) is 7.97. The molecule has 0 spiro atoms. The minimum absolute atomic E-state index is 0.183. The van der Waals surface area contributed by atoms with Gasteiger partial charge in [0.2, 0.25) is 5.89 Å². The van der Waals surface area contributed by atoms with Gasteiger partial charge in [0.15, 0.2) is 11.8 Å². The van der Waals surface area contributed by atoms with Gasteiger partial charge >= 0.3 is 0 Å². The van der Waals surface area contributed by atoms with Crippen LogP contribution in [0.1, 0.15) is 51.2 Å². The van der Waals surface area contributed by atoms with Crippen molar-refractivity contribution in [3.05, 3.63) is 34.1 Å². The smallest absolute Gasteiger partial charge is 0.232 e. The maximum atomic E-state index is 10.6. The van der Waals surface area contributed by atoms with Gasteiger partial charge in [0.1, 0.15) is 12.1 Å². The van der Waals surface area contributed by atoms with Gasteiger partial charge in [0.25, 0.3) is 0 Å². The summed E-state index contributed by atoms with van der Waals surface area (Å²) >= 11 is 1.53. The molecule has 25 heavy (non-hydrogen) atoms. The van der Waals surface area contributed by atoms with Crippen LogP contribution in [0.15, 0.2) is 27.0 Å². The zero-order valence-corrected chi connectivity index (χ0v) is 16.3. The third-order valence-electron chi connectivity index (χ3n) is 3.48. The summed E-state index contributed by atoms with van der Waals surface area (Å²) in [5.74, 6) is 1.73. The Bertz CT molecular complexity index is 686. The van der Waals surface area contributed by atoms with E-state index in [1.54, 1.807) is 6.92 Å². The van der Waals surface area contributed by atoms with E-state index in [0.29, 0.717) is 37.3 Å². The first-order valence-electron chi connectivity index (χ1n) is 8.34. The molecule has 2 heterocycles. The van der Waals surface area contributed by atoms with Crippen molar-refractivity contribution in [2.75, 3.05) is 13.1 Å². The quantitative estimate of drug-likeness (QED) is 0.537. The third-order valence-corrected chi connectivity index (χ3v) is 4.61. The maximum absolute atomic E-state index is 10.6. The predicted molar refractivity (Wildman–Crippen MR) is 99.7 cm³/mol. The van der Waals surface area contributed by atoms with Crippen LogP contribution >= 0.6 is 11.3 Å². The lowest BCUT2D eigenvalue weighted by atomic mass is 9.97. The second-order valence-corrected chi connectivity index (χ2v) is 8.01. The zero-order valence-electron chi connectivity index (χ0n) is 15.5. The van der Waals surface area contributed by atoms with Crippen molar-refractivity contribution < 1.29 is 9.63 Å². The molecular weight excluding hydrogens is 338 g/mol. The Morgan fingerprint density at radius 1 is 1.32 bits per heavy atom. The van der Waals surface area contributed by atoms with Crippen molar-refractivity contribution in [1.29, 1.82) is 0 Å². The van der Waals surface area contributed by atoms with E-state index in [4.69, 9.17) is 4.52 Å². The van der Waals surface area contributed by atoms with E-state index in [1.165, 1.54) is 11.3 Å². The highest BCUT2D eigenvalue weighted by atomic mass is 32.1. The Labute approximate surface area is 152 Å². The molecule has 1 unspecified atom stereocenters. The summed E-state index contributed by atoms with van der Waals surface area (Å²) in [6.07, 6.45) is 0.